The molecular weight excluding hydrogens is 290 g/mol. The van der Waals surface area contributed by atoms with Gasteiger partial charge in [0, 0.05) is 16.5 Å². The summed E-state index contributed by atoms with van der Waals surface area (Å²) in [6, 6.07) is 17.2. The van der Waals surface area contributed by atoms with Crippen LogP contribution in [0.15, 0.2) is 54.6 Å². The number of hydrogen-bond acceptors (Lipinski definition) is 2. The Balaban J connectivity index is 1.85. The van der Waals surface area contributed by atoms with Crippen LogP contribution in [0.1, 0.15) is 12.5 Å². The lowest BCUT2D eigenvalue weighted by Crippen LogP contribution is -2.22. The van der Waals surface area contributed by atoms with Gasteiger partial charge in [0.15, 0.2) is 0 Å². The van der Waals surface area contributed by atoms with Crippen molar-refractivity contribution in [3.8, 4) is 0 Å². The first-order valence-corrected chi connectivity index (χ1v) is 7.80. The van der Waals surface area contributed by atoms with E-state index in [1.165, 1.54) is 0 Å². The van der Waals surface area contributed by atoms with Crippen LogP contribution in [0.3, 0.4) is 0 Å². The Bertz CT molecular complexity index is 574. The molecule has 2 aromatic rings. The van der Waals surface area contributed by atoms with Gasteiger partial charge in [-0.25, -0.2) is 0 Å². The summed E-state index contributed by atoms with van der Waals surface area (Å²) in [6.07, 6.45) is 0. The summed E-state index contributed by atoms with van der Waals surface area (Å²) >= 11 is 7.54. The third-order valence-corrected chi connectivity index (χ3v) is 4.25. The van der Waals surface area contributed by atoms with Gasteiger partial charge in [-0.1, -0.05) is 41.9 Å². The second kappa shape index (κ2) is 7.36. The number of halogens is 1. The quantitative estimate of drug-likeness (QED) is 0.874. The van der Waals surface area contributed by atoms with E-state index < -0.39 is 0 Å². The number of hydrogen-bond donors (Lipinski definition) is 1. The van der Waals surface area contributed by atoms with E-state index in [0.717, 1.165) is 22.0 Å². The molecule has 0 aliphatic carbocycles. The molecule has 1 unspecified atom stereocenters. The van der Waals surface area contributed by atoms with Crippen molar-refractivity contribution in [1.82, 2.24) is 0 Å². The molecule has 2 aromatic carbocycles. The van der Waals surface area contributed by atoms with Crippen molar-refractivity contribution in [1.29, 1.82) is 0 Å². The molecule has 0 aromatic heterocycles. The minimum absolute atomic E-state index is 0.0169. The second-order valence-corrected chi connectivity index (χ2v) is 6.20. The summed E-state index contributed by atoms with van der Waals surface area (Å²) < 4.78 is 0. The Morgan fingerprint density at radius 1 is 1.20 bits per heavy atom. The molecule has 1 atom stereocenters. The molecule has 0 heterocycles. The van der Waals surface area contributed by atoms with E-state index in [2.05, 4.69) is 5.32 Å². The van der Waals surface area contributed by atoms with Crippen molar-refractivity contribution in [3.05, 3.63) is 65.2 Å². The Hall–Kier alpha value is -1.45. The van der Waals surface area contributed by atoms with Crippen LogP contribution < -0.4 is 5.32 Å². The highest BCUT2D eigenvalue weighted by Crippen LogP contribution is 2.21. The van der Waals surface area contributed by atoms with Crippen molar-refractivity contribution in [3.63, 3.8) is 0 Å². The van der Waals surface area contributed by atoms with Gasteiger partial charge in [0.2, 0.25) is 5.91 Å². The maximum atomic E-state index is 12.0. The second-order valence-electron chi connectivity index (χ2n) is 4.44. The van der Waals surface area contributed by atoms with Crippen LogP contribution in [-0.2, 0) is 10.5 Å². The summed E-state index contributed by atoms with van der Waals surface area (Å²) in [7, 11) is 0. The predicted octanol–water partition coefficient (Wildman–Crippen LogP) is 4.60. The van der Waals surface area contributed by atoms with Crippen molar-refractivity contribution in [2.45, 2.75) is 17.9 Å². The van der Waals surface area contributed by atoms with E-state index in [4.69, 9.17) is 11.6 Å². The Morgan fingerprint density at radius 2 is 1.95 bits per heavy atom. The van der Waals surface area contributed by atoms with Crippen LogP contribution >= 0.6 is 23.4 Å². The van der Waals surface area contributed by atoms with Gasteiger partial charge in [-0.15, -0.1) is 11.8 Å². The lowest BCUT2D eigenvalue weighted by Gasteiger charge is -2.12. The van der Waals surface area contributed by atoms with Gasteiger partial charge in [0.1, 0.15) is 0 Å². The van der Waals surface area contributed by atoms with Gasteiger partial charge >= 0.3 is 0 Å². The van der Waals surface area contributed by atoms with E-state index in [9.17, 15) is 4.79 Å². The summed E-state index contributed by atoms with van der Waals surface area (Å²) in [6.45, 7) is 1.91. The standard InChI is InChI=1S/C16H16ClNOS/c1-12(16(19)18-15-8-3-2-4-9-15)20-11-13-6-5-7-14(17)10-13/h2-10,12H,11H2,1H3,(H,18,19). The zero-order valence-electron chi connectivity index (χ0n) is 11.2. The topological polar surface area (TPSA) is 29.1 Å². The van der Waals surface area contributed by atoms with Crippen molar-refractivity contribution < 1.29 is 4.79 Å². The van der Waals surface area contributed by atoms with Crippen molar-refractivity contribution in [2.75, 3.05) is 5.32 Å². The zero-order valence-corrected chi connectivity index (χ0v) is 12.7. The minimum Gasteiger partial charge on any atom is -0.325 e. The molecule has 2 nitrogen and oxygen atoms in total. The molecule has 0 radical (unpaired) electrons. The molecule has 0 bridgehead atoms. The Kier molecular flexibility index (Phi) is 5.50. The predicted molar refractivity (Wildman–Crippen MR) is 87.3 cm³/mol. The summed E-state index contributed by atoms with van der Waals surface area (Å²) in [4.78, 5) is 12.0. The van der Waals surface area contributed by atoms with Crippen LogP contribution in [0, 0.1) is 0 Å². The molecular formula is C16H16ClNOS. The Labute approximate surface area is 128 Å². The number of carbonyl (C=O) groups is 1. The highest BCUT2D eigenvalue weighted by molar-refractivity contribution is 7.99. The number of thioether (sulfide) groups is 1. The molecule has 0 fully saturated rings. The lowest BCUT2D eigenvalue weighted by molar-refractivity contribution is -0.115. The minimum atomic E-state index is -0.116. The molecule has 4 heteroatoms. The number of carbonyl (C=O) groups excluding carboxylic acids is 1. The summed E-state index contributed by atoms with van der Waals surface area (Å²) in [5.41, 5.74) is 1.95. The van der Waals surface area contributed by atoms with Crippen LogP contribution in [0.2, 0.25) is 5.02 Å². The summed E-state index contributed by atoms with van der Waals surface area (Å²) in [5, 5.41) is 3.51. The fraction of sp³-hybridized carbons (Fsp3) is 0.188. The normalized spacial score (nSPS) is 11.9. The first-order valence-electron chi connectivity index (χ1n) is 6.37. The smallest absolute Gasteiger partial charge is 0.237 e. The molecule has 1 N–H and O–H groups in total. The van der Waals surface area contributed by atoms with Gasteiger partial charge in [-0.3, -0.25) is 4.79 Å². The average Bonchev–Trinajstić information content (AvgIpc) is 2.46. The SMILES string of the molecule is CC(SCc1cccc(Cl)c1)C(=O)Nc1ccccc1. The van der Waals surface area contributed by atoms with Gasteiger partial charge in [-0.2, -0.15) is 0 Å². The number of amides is 1. The van der Waals surface area contributed by atoms with E-state index in [0.29, 0.717) is 0 Å². The maximum absolute atomic E-state index is 12.0. The van der Waals surface area contributed by atoms with Gasteiger partial charge in [0.25, 0.3) is 0 Å². The van der Waals surface area contributed by atoms with E-state index in [1.54, 1.807) is 11.8 Å². The molecule has 0 aliphatic heterocycles. The molecule has 0 aliphatic rings. The number of para-hydroxylation sites is 1. The number of rotatable bonds is 5. The maximum Gasteiger partial charge on any atom is 0.237 e. The van der Waals surface area contributed by atoms with Gasteiger partial charge in [0.05, 0.1) is 5.25 Å². The highest BCUT2D eigenvalue weighted by atomic mass is 35.5. The van der Waals surface area contributed by atoms with Crippen LogP contribution in [0.4, 0.5) is 5.69 Å². The molecule has 1 amide bonds. The highest BCUT2D eigenvalue weighted by Gasteiger charge is 2.13. The third kappa shape index (κ3) is 4.58. The van der Waals surface area contributed by atoms with Gasteiger partial charge < -0.3 is 5.32 Å². The van der Waals surface area contributed by atoms with E-state index in [-0.39, 0.29) is 11.2 Å². The number of benzene rings is 2. The van der Waals surface area contributed by atoms with Crippen LogP contribution in [-0.4, -0.2) is 11.2 Å². The van der Waals surface area contributed by atoms with E-state index >= 15 is 0 Å². The largest absolute Gasteiger partial charge is 0.325 e. The molecule has 104 valence electrons. The van der Waals surface area contributed by atoms with E-state index in [1.807, 2.05) is 61.5 Å². The summed E-state index contributed by atoms with van der Waals surface area (Å²) in [5.74, 6) is 0.785. The first-order chi connectivity index (χ1) is 9.65. The molecule has 0 saturated heterocycles. The molecule has 0 spiro atoms. The fourth-order valence-electron chi connectivity index (χ4n) is 1.69. The lowest BCUT2D eigenvalue weighted by atomic mass is 10.2. The molecule has 20 heavy (non-hydrogen) atoms. The monoisotopic (exact) mass is 305 g/mol. The Morgan fingerprint density at radius 3 is 2.65 bits per heavy atom. The van der Waals surface area contributed by atoms with Crippen molar-refractivity contribution >= 4 is 35.0 Å². The van der Waals surface area contributed by atoms with Gasteiger partial charge in [-0.05, 0) is 36.8 Å². The van der Waals surface area contributed by atoms with Crippen LogP contribution in [0.5, 0.6) is 0 Å². The fourth-order valence-corrected chi connectivity index (χ4v) is 2.73. The third-order valence-electron chi connectivity index (χ3n) is 2.80. The number of anilines is 1. The first kappa shape index (κ1) is 14.9. The number of nitrogens with one attached hydrogen (secondary N) is 1. The zero-order chi connectivity index (χ0) is 14.4. The average molecular weight is 306 g/mol. The van der Waals surface area contributed by atoms with Crippen LogP contribution in [0.25, 0.3) is 0 Å². The van der Waals surface area contributed by atoms with Crippen molar-refractivity contribution in [2.24, 2.45) is 0 Å². The molecule has 0 saturated carbocycles. The molecule has 2 rings (SSSR count).